The zero-order valence-electron chi connectivity index (χ0n) is 9.27. The second kappa shape index (κ2) is 4.22. The third kappa shape index (κ3) is 2.04. The van der Waals surface area contributed by atoms with Crippen molar-refractivity contribution < 1.29 is 21.9 Å². The van der Waals surface area contributed by atoms with Crippen LogP contribution in [-0.2, 0) is 0 Å². The Bertz CT molecular complexity index is 635. The zero-order chi connectivity index (χ0) is 11.1. The molecule has 2 nitrogen and oxygen atoms in total. The average molecular weight is 247 g/mol. The number of aryl methyl sites for hydroxylation is 1. The van der Waals surface area contributed by atoms with Gasteiger partial charge in [-0.1, -0.05) is 6.07 Å². The fourth-order valence-corrected chi connectivity index (χ4v) is 1.87. The summed E-state index contributed by atoms with van der Waals surface area (Å²) in [6.45, 7) is 2.03. The van der Waals surface area contributed by atoms with Crippen molar-refractivity contribution in [2.45, 2.75) is 6.92 Å². The van der Waals surface area contributed by atoms with Gasteiger partial charge in [-0.25, -0.2) is 4.42 Å². The molecule has 0 fully saturated rings. The summed E-state index contributed by atoms with van der Waals surface area (Å²) in [5.74, 6) is 0.225. The Kier molecular flexibility index (Phi) is 2.90. The summed E-state index contributed by atoms with van der Waals surface area (Å²) < 4.78 is 5.75. The Balaban J connectivity index is 0.00000108. The minimum absolute atomic E-state index is 0. The van der Waals surface area contributed by atoms with E-state index in [0.717, 1.165) is 21.9 Å². The van der Waals surface area contributed by atoms with Gasteiger partial charge in [0.05, 0.1) is 16.8 Å². The van der Waals surface area contributed by atoms with E-state index in [1.165, 1.54) is 0 Å². The molecule has 0 aliphatic rings. The van der Waals surface area contributed by atoms with Crippen LogP contribution in [0.5, 0.6) is 5.75 Å². The lowest BCUT2D eigenvalue weighted by atomic mass is 10.1. The predicted octanol–water partition coefficient (Wildman–Crippen LogP) is 0.885. The van der Waals surface area contributed by atoms with Gasteiger partial charge in [0.1, 0.15) is 5.75 Å². The van der Waals surface area contributed by atoms with Crippen LogP contribution < -0.4 is 12.4 Å². The molecule has 0 radical (unpaired) electrons. The van der Waals surface area contributed by atoms with Gasteiger partial charge in [0.2, 0.25) is 0 Å². The molecule has 86 valence electrons. The van der Waals surface area contributed by atoms with Crippen molar-refractivity contribution in [1.29, 1.82) is 0 Å². The number of halogens is 1. The number of phenols is 1. The van der Waals surface area contributed by atoms with Crippen LogP contribution in [0, 0.1) is 6.92 Å². The number of benzene rings is 2. The molecule has 0 saturated heterocycles. The van der Waals surface area contributed by atoms with Gasteiger partial charge >= 0.3 is 11.2 Å². The van der Waals surface area contributed by atoms with Crippen LogP contribution in [-0.4, -0.2) is 5.11 Å². The van der Waals surface area contributed by atoms with Gasteiger partial charge in [0, 0.05) is 6.07 Å². The van der Waals surface area contributed by atoms with Crippen LogP contribution >= 0.6 is 0 Å². The van der Waals surface area contributed by atoms with Crippen molar-refractivity contribution >= 4 is 21.9 Å². The standard InChI is InChI=1S/C14H10O2.ClH/c1-9-2-3-10-7-11-4-5-12(15)8-14(11)16-13(10)6-9;/h2-8H,1H3;1H. The van der Waals surface area contributed by atoms with E-state index in [1.807, 2.05) is 25.1 Å². The first kappa shape index (κ1) is 11.7. The maximum Gasteiger partial charge on any atom is 0.364 e. The second-order valence-electron chi connectivity index (χ2n) is 4.01. The topological polar surface area (TPSA) is 31.5 Å². The molecule has 2 aromatic carbocycles. The number of hydrogen-bond donors (Lipinski definition) is 1. The molecule has 0 amide bonds. The van der Waals surface area contributed by atoms with Crippen molar-refractivity contribution in [2.75, 3.05) is 0 Å². The fraction of sp³-hybridized carbons (Fsp3) is 0.0714. The molecule has 1 N–H and O–H groups in total. The molecule has 17 heavy (non-hydrogen) atoms. The highest BCUT2D eigenvalue weighted by Gasteiger charge is 2.12. The molecular weight excluding hydrogens is 236 g/mol. The summed E-state index contributed by atoms with van der Waals surface area (Å²) in [4.78, 5) is 0. The van der Waals surface area contributed by atoms with Crippen molar-refractivity contribution in [3.8, 4) is 5.75 Å². The van der Waals surface area contributed by atoms with E-state index < -0.39 is 0 Å². The van der Waals surface area contributed by atoms with E-state index in [1.54, 1.807) is 12.1 Å². The molecule has 0 bridgehead atoms. The van der Waals surface area contributed by atoms with Crippen LogP contribution in [0.15, 0.2) is 46.9 Å². The molecule has 0 atom stereocenters. The van der Waals surface area contributed by atoms with Crippen molar-refractivity contribution in [3.05, 3.63) is 48.0 Å². The van der Waals surface area contributed by atoms with Crippen molar-refractivity contribution in [3.63, 3.8) is 0 Å². The first-order valence-electron chi connectivity index (χ1n) is 5.19. The van der Waals surface area contributed by atoms with E-state index in [4.69, 9.17) is 4.42 Å². The number of aromatic hydroxyl groups is 1. The maximum atomic E-state index is 9.40. The zero-order valence-corrected chi connectivity index (χ0v) is 10.0. The van der Waals surface area contributed by atoms with Gasteiger partial charge in [-0.05, 0) is 36.8 Å². The Labute approximate surface area is 105 Å². The highest BCUT2D eigenvalue weighted by Crippen LogP contribution is 2.26. The number of hydrogen-bond acceptors (Lipinski definition) is 1. The minimum Gasteiger partial charge on any atom is -1.00 e. The highest BCUT2D eigenvalue weighted by molar-refractivity contribution is 5.90. The molecule has 3 heteroatoms. The van der Waals surface area contributed by atoms with Gasteiger partial charge in [-0.15, -0.1) is 0 Å². The van der Waals surface area contributed by atoms with Gasteiger partial charge in [-0.3, -0.25) is 0 Å². The number of rotatable bonds is 0. The lowest BCUT2D eigenvalue weighted by molar-refractivity contribution is -0.00000477. The molecular formula is C14H11ClO2. The molecule has 1 aromatic heterocycles. The van der Waals surface area contributed by atoms with E-state index in [-0.39, 0.29) is 18.2 Å². The fourth-order valence-electron chi connectivity index (χ4n) is 1.87. The number of fused-ring (bicyclic) bond motifs is 2. The predicted molar refractivity (Wildman–Crippen MR) is 64.5 cm³/mol. The molecule has 0 saturated carbocycles. The third-order valence-corrected chi connectivity index (χ3v) is 2.70. The summed E-state index contributed by atoms with van der Waals surface area (Å²) >= 11 is 0. The lowest BCUT2D eigenvalue weighted by Crippen LogP contribution is -3.00. The highest BCUT2D eigenvalue weighted by atomic mass is 35.5. The Morgan fingerprint density at radius 1 is 0.882 bits per heavy atom. The van der Waals surface area contributed by atoms with Gasteiger partial charge in [0.15, 0.2) is 0 Å². The van der Waals surface area contributed by atoms with Crippen LogP contribution in [0.3, 0.4) is 0 Å². The van der Waals surface area contributed by atoms with Crippen molar-refractivity contribution in [1.82, 2.24) is 0 Å². The van der Waals surface area contributed by atoms with Crippen LogP contribution in [0.2, 0.25) is 0 Å². The van der Waals surface area contributed by atoms with E-state index in [9.17, 15) is 5.11 Å². The van der Waals surface area contributed by atoms with E-state index in [2.05, 4.69) is 12.1 Å². The Hall–Kier alpha value is -1.80. The summed E-state index contributed by atoms with van der Waals surface area (Å²) in [5.41, 5.74) is 2.71. The molecule has 3 aromatic rings. The van der Waals surface area contributed by atoms with Crippen molar-refractivity contribution in [2.24, 2.45) is 0 Å². The van der Waals surface area contributed by atoms with Crippen LogP contribution in [0.25, 0.3) is 21.9 Å². The smallest absolute Gasteiger partial charge is 0.364 e. The second-order valence-corrected chi connectivity index (χ2v) is 4.01. The maximum absolute atomic E-state index is 9.40. The summed E-state index contributed by atoms with van der Waals surface area (Å²) in [5, 5.41) is 11.5. The number of phenolic OH excluding ortho intramolecular Hbond substituents is 1. The summed E-state index contributed by atoms with van der Waals surface area (Å²) in [7, 11) is 0. The molecule has 0 spiro atoms. The monoisotopic (exact) mass is 246 g/mol. The molecule has 0 unspecified atom stereocenters. The molecule has 3 rings (SSSR count). The summed E-state index contributed by atoms with van der Waals surface area (Å²) in [6, 6.07) is 13.3. The quantitative estimate of drug-likeness (QED) is 0.472. The normalized spacial score (nSPS) is 10.4. The van der Waals surface area contributed by atoms with Gasteiger partial charge in [0.25, 0.3) is 0 Å². The van der Waals surface area contributed by atoms with E-state index >= 15 is 0 Å². The Morgan fingerprint density at radius 2 is 1.53 bits per heavy atom. The first-order valence-corrected chi connectivity index (χ1v) is 5.19. The lowest BCUT2D eigenvalue weighted by Gasteiger charge is -1.94. The third-order valence-electron chi connectivity index (χ3n) is 2.70. The molecule has 0 aliphatic heterocycles. The largest absolute Gasteiger partial charge is 1.00 e. The van der Waals surface area contributed by atoms with Gasteiger partial charge in [-0.2, -0.15) is 0 Å². The summed E-state index contributed by atoms with van der Waals surface area (Å²) in [6.07, 6.45) is 0. The first-order chi connectivity index (χ1) is 7.72. The average Bonchev–Trinajstić information content (AvgIpc) is 2.26. The van der Waals surface area contributed by atoms with Crippen LogP contribution in [0.4, 0.5) is 0 Å². The Morgan fingerprint density at radius 3 is 2.29 bits per heavy atom. The SMILES string of the molecule is Cc1ccc2cc3ccc(O)cc3[o+]c2c1.[Cl-]. The molecule has 0 aliphatic carbocycles. The van der Waals surface area contributed by atoms with Gasteiger partial charge < -0.3 is 17.5 Å². The minimum atomic E-state index is 0. The molecule has 1 heterocycles. The van der Waals surface area contributed by atoms with E-state index in [0.29, 0.717) is 5.58 Å². The van der Waals surface area contributed by atoms with Crippen LogP contribution in [0.1, 0.15) is 5.56 Å².